The van der Waals surface area contributed by atoms with E-state index >= 15 is 0 Å². The van der Waals surface area contributed by atoms with Gasteiger partial charge in [0.05, 0.1) is 6.20 Å². The van der Waals surface area contributed by atoms with Gasteiger partial charge >= 0.3 is 0 Å². The van der Waals surface area contributed by atoms with E-state index in [4.69, 9.17) is 9.40 Å². The normalized spacial score (nSPS) is 14.6. The molecule has 0 saturated carbocycles. The van der Waals surface area contributed by atoms with Gasteiger partial charge in [0.1, 0.15) is 0 Å². The minimum atomic E-state index is 0.546. The van der Waals surface area contributed by atoms with E-state index in [1.807, 2.05) is 6.20 Å². The molecule has 0 amide bonds. The number of aryl methyl sites for hydroxylation is 2. The molecule has 0 fully saturated rings. The van der Waals surface area contributed by atoms with E-state index < -0.39 is 0 Å². The molecule has 8 aromatic rings. The summed E-state index contributed by atoms with van der Waals surface area (Å²) in [4.78, 5) is 4.92. The standard InChI is InChI=1S/C47H36INO/c1-28-4-12-32(13-5-28)40-24-41(33-14-6-29(2)7-15-33)37-22-23-39-43(47-49-27-44(50-47)35-16-8-30(3)9-17-35)25-42(34-18-10-31(26-48)11-19-34)38-21-20-36(40)45(37)46(38)39/h4,6-25,27-28H,5,26H2,1-3H3. The van der Waals surface area contributed by atoms with E-state index in [0.29, 0.717) is 11.8 Å². The summed E-state index contributed by atoms with van der Waals surface area (Å²) < 4.78 is 7.60. The zero-order valence-electron chi connectivity index (χ0n) is 28.4. The third-order valence-corrected chi connectivity index (χ3v) is 11.3. The molecule has 0 spiro atoms. The van der Waals surface area contributed by atoms with Crippen LogP contribution in [0.15, 0.2) is 138 Å². The van der Waals surface area contributed by atoms with Gasteiger partial charge in [-0.2, -0.15) is 0 Å². The van der Waals surface area contributed by atoms with Crippen LogP contribution in [0.5, 0.6) is 0 Å². The number of benzene rings is 7. The molecule has 0 N–H and O–H groups in total. The number of aromatic nitrogens is 1. The number of nitrogens with zero attached hydrogens (tertiary/aromatic N) is 1. The van der Waals surface area contributed by atoms with Gasteiger partial charge in [-0.25, -0.2) is 4.98 Å². The van der Waals surface area contributed by atoms with Crippen molar-refractivity contribution >= 4 is 60.5 Å². The molecule has 9 rings (SSSR count). The van der Waals surface area contributed by atoms with E-state index in [2.05, 4.69) is 171 Å². The molecule has 1 aliphatic carbocycles. The molecule has 1 unspecified atom stereocenters. The highest BCUT2D eigenvalue weighted by Crippen LogP contribution is 2.48. The second kappa shape index (κ2) is 12.4. The second-order valence-corrected chi connectivity index (χ2v) is 14.6. The van der Waals surface area contributed by atoms with Crippen LogP contribution in [-0.2, 0) is 4.43 Å². The Morgan fingerprint density at radius 1 is 0.640 bits per heavy atom. The summed E-state index contributed by atoms with van der Waals surface area (Å²) >= 11 is 2.43. The number of halogens is 1. The first-order valence-corrected chi connectivity index (χ1v) is 18.9. The molecule has 3 heteroatoms. The summed E-state index contributed by atoms with van der Waals surface area (Å²) in [6, 6.07) is 40.5. The van der Waals surface area contributed by atoms with E-state index in [0.717, 1.165) is 33.1 Å². The van der Waals surface area contributed by atoms with Gasteiger partial charge in [-0.1, -0.05) is 156 Å². The number of alkyl halides is 1. The maximum atomic E-state index is 6.62. The number of hydrogen-bond acceptors (Lipinski definition) is 2. The van der Waals surface area contributed by atoms with Crippen molar-refractivity contribution in [2.75, 3.05) is 0 Å². The summed E-state index contributed by atoms with van der Waals surface area (Å²) in [6.45, 7) is 6.54. The minimum Gasteiger partial charge on any atom is -0.436 e. The first-order valence-electron chi connectivity index (χ1n) is 17.4. The lowest BCUT2D eigenvalue weighted by molar-refractivity contribution is 0.589. The fraction of sp³-hybridized carbons (Fsp3) is 0.128. The molecule has 0 radical (unpaired) electrons. The molecule has 242 valence electrons. The van der Waals surface area contributed by atoms with Crippen LogP contribution in [0.4, 0.5) is 0 Å². The van der Waals surface area contributed by atoms with Crippen molar-refractivity contribution in [3.63, 3.8) is 0 Å². The monoisotopic (exact) mass is 757 g/mol. The Labute approximate surface area is 306 Å². The molecular formula is C47H36INO. The molecule has 1 atom stereocenters. The van der Waals surface area contributed by atoms with E-state index in [-0.39, 0.29) is 0 Å². The van der Waals surface area contributed by atoms with Crippen molar-refractivity contribution in [1.29, 1.82) is 0 Å². The van der Waals surface area contributed by atoms with E-state index in [1.165, 1.54) is 77.0 Å². The molecule has 0 bridgehead atoms. The van der Waals surface area contributed by atoms with Crippen LogP contribution in [-0.4, -0.2) is 4.98 Å². The van der Waals surface area contributed by atoms with Crippen LogP contribution >= 0.6 is 22.6 Å². The van der Waals surface area contributed by atoms with Crippen LogP contribution < -0.4 is 0 Å². The van der Waals surface area contributed by atoms with Gasteiger partial charge in [0, 0.05) is 15.6 Å². The van der Waals surface area contributed by atoms with Crippen LogP contribution in [0.3, 0.4) is 0 Å². The molecule has 1 aromatic heterocycles. The molecule has 7 aromatic carbocycles. The minimum absolute atomic E-state index is 0.546. The Balaban J connectivity index is 1.38. The van der Waals surface area contributed by atoms with Gasteiger partial charge in [-0.3, -0.25) is 0 Å². The maximum Gasteiger partial charge on any atom is 0.227 e. The summed E-state index contributed by atoms with van der Waals surface area (Å²) in [5, 5.41) is 7.47. The third kappa shape index (κ3) is 5.27. The predicted molar refractivity (Wildman–Crippen MR) is 220 cm³/mol. The van der Waals surface area contributed by atoms with E-state index in [9.17, 15) is 0 Å². The molecular weight excluding hydrogens is 721 g/mol. The van der Waals surface area contributed by atoms with Gasteiger partial charge in [0.15, 0.2) is 5.76 Å². The van der Waals surface area contributed by atoms with Gasteiger partial charge in [-0.05, 0) is 110 Å². The lowest BCUT2D eigenvalue weighted by Crippen LogP contribution is -1.98. The van der Waals surface area contributed by atoms with Gasteiger partial charge in [0.25, 0.3) is 0 Å². The Morgan fingerprint density at radius 2 is 1.16 bits per heavy atom. The summed E-state index contributed by atoms with van der Waals surface area (Å²) in [7, 11) is 0. The maximum absolute atomic E-state index is 6.62. The van der Waals surface area contributed by atoms with Crippen molar-refractivity contribution in [3.05, 3.63) is 156 Å². The lowest BCUT2D eigenvalue weighted by Gasteiger charge is -2.22. The lowest BCUT2D eigenvalue weighted by atomic mass is 9.81. The Hall–Kier alpha value is -5.00. The molecule has 1 aliphatic rings. The van der Waals surface area contributed by atoms with Crippen LogP contribution in [0.2, 0.25) is 0 Å². The van der Waals surface area contributed by atoms with Crippen molar-refractivity contribution in [1.82, 2.24) is 4.98 Å². The fourth-order valence-electron chi connectivity index (χ4n) is 7.57. The zero-order valence-corrected chi connectivity index (χ0v) is 30.6. The number of hydrogen-bond donors (Lipinski definition) is 0. The molecule has 0 aliphatic heterocycles. The number of oxazole rings is 1. The Kier molecular flexibility index (Phi) is 7.69. The molecule has 2 nitrogen and oxygen atoms in total. The van der Waals surface area contributed by atoms with Crippen LogP contribution in [0.25, 0.3) is 82.9 Å². The molecule has 0 saturated heterocycles. The smallest absolute Gasteiger partial charge is 0.227 e. The number of allylic oxidation sites excluding steroid dienone is 4. The predicted octanol–water partition coefficient (Wildman–Crippen LogP) is 13.8. The first kappa shape index (κ1) is 31.0. The van der Waals surface area contributed by atoms with Crippen molar-refractivity contribution in [3.8, 4) is 45.0 Å². The fourth-order valence-corrected chi connectivity index (χ4v) is 8.08. The second-order valence-electron chi connectivity index (χ2n) is 13.8. The van der Waals surface area contributed by atoms with Crippen molar-refractivity contribution in [2.24, 2.45) is 5.92 Å². The van der Waals surface area contributed by atoms with Gasteiger partial charge < -0.3 is 4.42 Å². The average molecular weight is 758 g/mol. The highest BCUT2D eigenvalue weighted by atomic mass is 127. The first-order chi connectivity index (χ1) is 24.4. The van der Waals surface area contributed by atoms with Crippen molar-refractivity contribution < 1.29 is 4.42 Å². The van der Waals surface area contributed by atoms with Crippen LogP contribution in [0.1, 0.15) is 35.6 Å². The summed E-state index contributed by atoms with van der Waals surface area (Å²) in [6.07, 6.45) is 10.00. The van der Waals surface area contributed by atoms with Gasteiger partial charge in [-0.15, -0.1) is 0 Å². The highest BCUT2D eigenvalue weighted by molar-refractivity contribution is 14.1. The highest BCUT2D eigenvalue weighted by Gasteiger charge is 2.23. The Morgan fingerprint density at radius 3 is 1.72 bits per heavy atom. The zero-order chi connectivity index (χ0) is 33.9. The van der Waals surface area contributed by atoms with Crippen molar-refractivity contribution in [2.45, 2.75) is 31.6 Å². The quantitative estimate of drug-likeness (QED) is 0.0959. The average Bonchev–Trinajstić information content (AvgIpc) is 3.65. The summed E-state index contributed by atoms with van der Waals surface area (Å²) in [5.41, 5.74) is 13.3. The SMILES string of the molecule is Cc1ccc(-c2cnc(-c3cc(-c4ccc(CI)cc4)c4ccc5c(C6=CCC(C)C=C6)cc(-c6ccc(C)cc6)c6ccc3c4c56)o2)cc1. The third-order valence-electron chi connectivity index (χ3n) is 10.4. The summed E-state index contributed by atoms with van der Waals surface area (Å²) in [5.74, 6) is 1.95. The topological polar surface area (TPSA) is 26.0 Å². The van der Waals surface area contributed by atoms with Gasteiger partial charge in [0.2, 0.25) is 5.89 Å². The van der Waals surface area contributed by atoms with Crippen LogP contribution in [0, 0.1) is 19.8 Å². The largest absolute Gasteiger partial charge is 0.436 e. The Bertz CT molecular complexity index is 2600. The molecule has 50 heavy (non-hydrogen) atoms. The number of rotatable bonds is 6. The molecule has 1 heterocycles. The van der Waals surface area contributed by atoms with E-state index in [1.54, 1.807) is 0 Å².